The number of hydrogen-bond donors (Lipinski definition) is 0. The van der Waals surface area contributed by atoms with E-state index in [1.54, 1.807) is 6.92 Å². The molecule has 0 aromatic heterocycles. The van der Waals surface area contributed by atoms with Gasteiger partial charge in [-0.2, -0.15) is 0 Å². The fourth-order valence-corrected chi connectivity index (χ4v) is 2.18. The van der Waals surface area contributed by atoms with E-state index >= 15 is 0 Å². The Morgan fingerprint density at radius 2 is 2.00 bits per heavy atom. The molecule has 1 aromatic carbocycles. The van der Waals surface area contributed by atoms with Crippen molar-refractivity contribution in [1.29, 1.82) is 0 Å². The Labute approximate surface area is 128 Å². The largest absolute Gasteiger partial charge is 0.493 e. The predicted octanol–water partition coefficient (Wildman–Crippen LogP) is 3.03. The summed E-state index contributed by atoms with van der Waals surface area (Å²) in [5, 5.41) is 0.130. The van der Waals surface area contributed by atoms with Crippen LogP contribution in [-0.2, 0) is 9.53 Å². The molecular weight excluding hydrogens is 296 g/mol. The number of halogens is 1. The van der Waals surface area contributed by atoms with E-state index in [4.69, 9.17) is 25.8 Å². The first-order chi connectivity index (χ1) is 10.1. The quantitative estimate of drug-likeness (QED) is 0.459. The molecule has 0 amide bonds. The Balaban J connectivity index is 2.29. The summed E-state index contributed by atoms with van der Waals surface area (Å²) < 4.78 is 15.7. The van der Waals surface area contributed by atoms with Crippen molar-refractivity contribution in [2.24, 2.45) is 0 Å². The number of methoxy groups -OCH3 is 1. The van der Waals surface area contributed by atoms with Crippen LogP contribution in [0.25, 0.3) is 0 Å². The summed E-state index contributed by atoms with van der Waals surface area (Å²) in [7, 11) is 1.49. The van der Waals surface area contributed by atoms with Crippen molar-refractivity contribution < 1.29 is 23.8 Å². The van der Waals surface area contributed by atoms with Crippen LogP contribution >= 0.6 is 11.6 Å². The smallest absolute Gasteiger partial charge is 0.379 e. The zero-order valence-electron chi connectivity index (χ0n) is 12.0. The van der Waals surface area contributed by atoms with Gasteiger partial charge in [0, 0.05) is 6.07 Å². The molecule has 0 heterocycles. The molecule has 0 radical (unpaired) electrons. The van der Waals surface area contributed by atoms with Gasteiger partial charge in [-0.1, -0.05) is 11.6 Å². The second-order valence-electron chi connectivity index (χ2n) is 4.70. The Kier molecular flexibility index (Phi) is 5.07. The number of ether oxygens (including phenoxy) is 3. The van der Waals surface area contributed by atoms with Crippen molar-refractivity contribution >= 4 is 23.4 Å². The zero-order chi connectivity index (χ0) is 15.4. The third-order valence-electron chi connectivity index (χ3n) is 3.30. The minimum atomic E-state index is -0.931. The van der Waals surface area contributed by atoms with Gasteiger partial charge in [0.2, 0.25) is 0 Å². The second-order valence-corrected chi connectivity index (χ2v) is 5.11. The molecule has 6 heteroatoms. The highest BCUT2D eigenvalue weighted by atomic mass is 35.5. The molecule has 0 N–H and O–H groups in total. The highest BCUT2D eigenvalue weighted by molar-refractivity contribution is 6.45. The zero-order valence-corrected chi connectivity index (χ0v) is 12.7. The van der Waals surface area contributed by atoms with E-state index in [9.17, 15) is 9.59 Å². The summed E-state index contributed by atoms with van der Waals surface area (Å²) in [6.45, 7) is 1.76. The van der Waals surface area contributed by atoms with Crippen molar-refractivity contribution in [1.82, 2.24) is 0 Å². The van der Waals surface area contributed by atoms with E-state index in [1.807, 2.05) is 0 Å². The number of ketones is 1. The number of Topliss-reactive ketones (excluding diaryl/α,β-unsaturated/α-hetero) is 1. The highest BCUT2D eigenvalue weighted by Gasteiger charge is 2.25. The fraction of sp³-hybridized carbons (Fsp3) is 0.467. The Morgan fingerprint density at radius 1 is 1.29 bits per heavy atom. The lowest BCUT2D eigenvalue weighted by molar-refractivity contribution is -0.137. The third-order valence-corrected chi connectivity index (χ3v) is 3.62. The molecule has 0 spiro atoms. The maximum Gasteiger partial charge on any atom is 0.379 e. The number of hydrogen-bond acceptors (Lipinski definition) is 5. The van der Waals surface area contributed by atoms with Crippen LogP contribution < -0.4 is 9.47 Å². The number of carbonyl (C=O) groups excluding carboxylic acids is 2. The van der Waals surface area contributed by atoms with E-state index in [2.05, 4.69) is 0 Å². The normalized spacial score (nSPS) is 14.2. The van der Waals surface area contributed by atoms with Crippen molar-refractivity contribution in [2.75, 3.05) is 13.7 Å². The number of benzene rings is 1. The van der Waals surface area contributed by atoms with Crippen LogP contribution in [0.2, 0.25) is 5.02 Å². The van der Waals surface area contributed by atoms with Gasteiger partial charge in [-0.3, -0.25) is 4.79 Å². The molecule has 0 bridgehead atoms. The lowest BCUT2D eigenvalue weighted by Gasteiger charge is -2.27. The summed E-state index contributed by atoms with van der Waals surface area (Å²) >= 11 is 6.04. The van der Waals surface area contributed by atoms with E-state index in [0.29, 0.717) is 11.5 Å². The number of carbonyl (C=O) groups is 2. The molecule has 2 rings (SSSR count). The first kappa shape index (κ1) is 15.6. The molecule has 0 unspecified atom stereocenters. The minimum absolute atomic E-state index is 0.0604. The van der Waals surface area contributed by atoms with Gasteiger partial charge < -0.3 is 14.2 Å². The molecular formula is C15H17ClO5. The van der Waals surface area contributed by atoms with Crippen molar-refractivity contribution in [3.8, 4) is 11.5 Å². The number of esters is 1. The molecule has 0 saturated heterocycles. The second kappa shape index (κ2) is 6.80. The van der Waals surface area contributed by atoms with E-state index in [1.165, 1.54) is 19.2 Å². The first-order valence-corrected chi connectivity index (χ1v) is 7.20. The van der Waals surface area contributed by atoms with Gasteiger partial charge in [-0.05, 0) is 32.3 Å². The average Bonchev–Trinajstić information content (AvgIpc) is 2.43. The SMILES string of the molecule is CCOC(=O)C(=O)c1cc(OC2CCC2)c(OC)cc1Cl. The highest BCUT2D eigenvalue weighted by Crippen LogP contribution is 2.36. The topological polar surface area (TPSA) is 61.8 Å². The lowest BCUT2D eigenvalue weighted by atomic mass is 9.96. The fourth-order valence-electron chi connectivity index (χ4n) is 1.94. The molecule has 114 valence electrons. The van der Waals surface area contributed by atoms with Gasteiger partial charge in [0.15, 0.2) is 11.5 Å². The molecule has 0 atom stereocenters. The molecule has 1 saturated carbocycles. The van der Waals surface area contributed by atoms with Gasteiger partial charge >= 0.3 is 5.97 Å². The van der Waals surface area contributed by atoms with Crippen LogP contribution in [0.4, 0.5) is 0 Å². The van der Waals surface area contributed by atoms with Crippen LogP contribution in [0.3, 0.4) is 0 Å². The molecule has 21 heavy (non-hydrogen) atoms. The maximum absolute atomic E-state index is 12.0. The Hall–Kier alpha value is -1.75. The Morgan fingerprint density at radius 3 is 2.52 bits per heavy atom. The lowest BCUT2D eigenvalue weighted by Crippen LogP contribution is -2.25. The Bertz CT molecular complexity index is 551. The molecule has 1 aliphatic rings. The maximum atomic E-state index is 12.0. The molecule has 0 aliphatic heterocycles. The summed E-state index contributed by atoms with van der Waals surface area (Å²) in [5.41, 5.74) is 0.0604. The van der Waals surface area contributed by atoms with E-state index in [0.717, 1.165) is 19.3 Å². The van der Waals surface area contributed by atoms with Gasteiger partial charge in [-0.25, -0.2) is 4.79 Å². The summed E-state index contributed by atoms with van der Waals surface area (Å²) in [6.07, 6.45) is 3.17. The first-order valence-electron chi connectivity index (χ1n) is 6.82. The van der Waals surface area contributed by atoms with Gasteiger partial charge in [0.25, 0.3) is 5.78 Å². The van der Waals surface area contributed by atoms with Gasteiger partial charge in [0.1, 0.15) is 0 Å². The van der Waals surface area contributed by atoms with Gasteiger partial charge in [-0.15, -0.1) is 0 Å². The summed E-state index contributed by atoms with van der Waals surface area (Å²) in [6, 6.07) is 2.92. The van der Waals surface area contributed by atoms with Crippen molar-refractivity contribution in [3.05, 3.63) is 22.7 Å². The number of rotatable bonds is 6. The predicted molar refractivity (Wildman–Crippen MR) is 77.2 cm³/mol. The van der Waals surface area contributed by atoms with Crippen molar-refractivity contribution in [3.63, 3.8) is 0 Å². The van der Waals surface area contributed by atoms with Gasteiger partial charge in [0.05, 0.1) is 30.4 Å². The minimum Gasteiger partial charge on any atom is -0.493 e. The van der Waals surface area contributed by atoms with Crippen LogP contribution in [0.5, 0.6) is 11.5 Å². The standard InChI is InChI=1S/C15H17ClO5/c1-3-20-15(18)14(17)10-7-13(21-9-5-4-6-9)12(19-2)8-11(10)16/h7-9H,3-6H2,1-2H3. The van der Waals surface area contributed by atoms with E-state index < -0.39 is 11.8 Å². The molecule has 1 aromatic rings. The molecule has 5 nitrogen and oxygen atoms in total. The van der Waals surface area contributed by atoms with E-state index in [-0.39, 0.29) is 23.3 Å². The summed E-state index contributed by atoms with van der Waals surface area (Å²) in [4.78, 5) is 23.6. The third kappa shape index (κ3) is 3.47. The van der Waals surface area contributed by atoms with Crippen molar-refractivity contribution in [2.45, 2.75) is 32.3 Å². The van der Waals surface area contributed by atoms with Crippen LogP contribution in [0.1, 0.15) is 36.5 Å². The average molecular weight is 313 g/mol. The van der Waals surface area contributed by atoms with Crippen LogP contribution in [0, 0.1) is 0 Å². The molecule has 1 aliphatic carbocycles. The summed E-state index contributed by atoms with van der Waals surface area (Å²) in [5.74, 6) is -0.867. The van der Waals surface area contributed by atoms with Crippen LogP contribution in [0.15, 0.2) is 12.1 Å². The van der Waals surface area contributed by atoms with Crippen LogP contribution in [-0.4, -0.2) is 31.6 Å². The molecule has 1 fully saturated rings. The monoisotopic (exact) mass is 312 g/mol.